The highest BCUT2D eigenvalue weighted by Gasteiger charge is 2.10. The van der Waals surface area contributed by atoms with Gasteiger partial charge >= 0.3 is 0 Å². The van der Waals surface area contributed by atoms with Crippen molar-refractivity contribution in [3.8, 4) is 0 Å². The fourth-order valence-corrected chi connectivity index (χ4v) is 3.14. The van der Waals surface area contributed by atoms with Crippen molar-refractivity contribution in [1.29, 1.82) is 0 Å². The molecule has 6 heteroatoms. The highest BCUT2D eigenvalue weighted by atomic mass is 32.1. The Hall–Kier alpha value is -2.73. The van der Waals surface area contributed by atoms with E-state index in [4.69, 9.17) is 0 Å². The number of hydrogen-bond acceptors (Lipinski definition) is 4. The second-order valence-corrected chi connectivity index (χ2v) is 6.29. The zero-order valence-electron chi connectivity index (χ0n) is 13.2. The molecular weight excluding hydrogens is 322 g/mol. The monoisotopic (exact) mass is 339 g/mol. The summed E-state index contributed by atoms with van der Waals surface area (Å²) < 4.78 is 0. The molecule has 1 heterocycles. The van der Waals surface area contributed by atoms with E-state index in [0.29, 0.717) is 5.13 Å². The van der Waals surface area contributed by atoms with Gasteiger partial charge in [0, 0.05) is 5.38 Å². The molecule has 0 saturated heterocycles. The molecule has 0 bridgehead atoms. The van der Waals surface area contributed by atoms with Crippen LogP contribution in [0.2, 0.25) is 0 Å². The van der Waals surface area contributed by atoms with Gasteiger partial charge in [0.05, 0.1) is 18.7 Å². The van der Waals surface area contributed by atoms with Crippen molar-refractivity contribution in [2.45, 2.75) is 13.3 Å². The van der Waals surface area contributed by atoms with Crippen molar-refractivity contribution in [1.82, 2.24) is 10.3 Å². The van der Waals surface area contributed by atoms with E-state index in [-0.39, 0.29) is 24.8 Å². The van der Waals surface area contributed by atoms with Crippen molar-refractivity contribution >= 4 is 39.1 Å². The number of amides is 2. The summed E-state index contributed by atoms with van der Waals surface area (Å²) in [7, 11) is 0. The molecule has 5 nitrogen and oxygen atoms in total. The minimum Gasteiger partial charge on any atom is -0.347 e. The summed E-state index contributed by atoms with van der Waals surface area (Å²) in [4.78, 5) is 28.1. The Bertz CT molecular complexity index is 883. The SMILES string of the molecule is Cc1csc(NC(=O)CNC(=O)Cc2cccc3ccccc23)n1. The smallest absolute Gasteiger partial charge is 0.245 e. The molecule has 0 radical (unpaired) electrons. The summed E-state index contributed by atoms with van der Waals surface area (Å²) in [6.45, 7) is 1.79. The zero-order valence-corrected chi connectivity index (χ0v) is 14.0. The van der Waals surface area contributed by atoms with E-state index in [9.17, 15) is 9.59 Å². The van der Waals surface area contributed by atoms with E-state index in [1.807, 2.05) is 54.8 Å². The molecule has 0 atom stereocenters. The van der Waals surface area contributed by atoms with Crippen LogP contribution in [0, 0.1) is 6.92 Å². The summed E-state index contributed by atoms with van der Waals surface area (Å²) in [5.74, 6) is -0.465. The molecule has 0 aliphatic heterocycles. The largest absolute Gasteiger partial charge is 0.347 e. The number of anilines is 1. The normalized spacial score (nSPS) is 10.5. The van der Waals surface area contributed by atoms with Crippen LogP contribution in [0.25, 0.3) is 10.8 Å². The molecule has 0 aliphatic rings. The summed E-state index contributed by atoms with van der Waals surface area (Å²) in [5.41, 5.74) is 1.80. The third kappa shape index (κ3) is 3.97. The van der Waals surface area contributed by atoms with E-state index in [0.717, 1.165) is 22.0 Å². The Balaban J connectivity index is 1.56. The molecule has 24 heavy (non-hydrogen) atoms. The van der Waals surface area contributed by atoms with Gasteiger partial charge < -0.3 is 10.6 Å². The molecule has 0 spiro atoms. The van der Waals surface area contributed by atoms with E-state index >= 15 is 0 Å². The summed E-state index contributed by atoms with van der Waals surface area (Å²) in [6, 6.07) is 13.8. The predicted molar refractivity (Wildman–Crippen MR) is 96.1 cm³/mol. The maximum Gasteiger partial charge on any atom is 0.245 e. The van der Waals surface area contributed by atoms with Crippen LogP contribution in [0.4, 0.5) is 5.13 Å². The molecule has 0 saturated carbocycles. The molecule has 0 unspecified atom stereocenters. The Labute approximate surface area is 143 Å². The fraction of sp³-hybridized carbons (Fsp3) is 0.167. The number of carbonyl (C=O) groups is 2. The third-order valence-corrected chi connectivity index (χ3v) is 4.42. The standard InChI is InChI=1S/C18H17N3O2S/c1-12-11-24-18(20-12)21-17(23)10-19-16(22)9-14-7-4-6-13-5-2-3-8-15(13)14/h2-8,11H,9-10H2,1H3,(H,19,22)(H,20,21,23). The van der Waals surface area contributed by atoms with Crippen LogP contribution in [-0.4, -0.2) is 23.3 Å². The second-order valence-electron chi connectivity index (χ2n) is 5.43. The molecule has 3 aromatic rings. The number of aryl methyl sites for hydroxylation is 1. The lowest BCUT2D eigenvalue weighted by Gasteiger charge is -2.08. The van der Waals surface area contributed by atoms with Crippen LogP contribution >= 0.6 is 11.3 Å². The van der Waals surface area contributed by atoms with Gasteiger partial charge in [0.1, 0.15) is 0 Å². The molecule has 2 aromatic carbocycles. The number of hydrogen-bond donors (Lipinski definition) is 2. The number of aromatic nitrogens is 1. The van der Waals surface area contributed by atoms with E-state index < -0.39 is 0 Å². The first-order valence-electron chi connectivity index (χ1n) is 7.57. The van der Waals surface area contributed by atoms with Crippen molar-refractivity contribution in [2.75, 3.05) is 11.9 Å². The van der Waals surface area contributed by atoms with Crippen LogP contribution in [0.5, 0.6) is 0 Å². The van der Waals surface area contributed by atoms with Crippen molar-refractivity contribution in [3.63, 3.8) is 0 Å². The van der Waals surface area contributed by atoms with Gasteiger partial charge in [0.15, 0.2) is 5.13 Å². The highest BCUT2D eigenvalue weighted by Crippen LogP contribution is 2.18. The zero-order chi connectivity index (χ0) is 16.9. The summed E-state index contributed by atoms with van der Waals surface area (Å²) in [6.07, 6.45) is 0.241. The molecule has 122 valence electrons. The average molecular weight is 339 g/mol. The number of benzene rings is 2. The summed E-state index contributed by atoms with van der Waals surface area (Å²) in [5, 5.41) is 9.86. The number of rotatable bonds is 5. The van der Waals surface area contributed by atoms with Gasteiger partial charge in [0.25, 0.3) is 0 Å². The molecule has 3 rings (SSSR count). The minimum absolute atomic E-state index is 0.0672. The molecule has 2 amide bonds. The third-order valence-electron chi connectivity index (χ3n) is 3.54. The van der Waals surface area contributed by atoms with Gasteiger partial charge in [-0.05, 0) is 23.3 Å². The maximum atomic E-state index is 12.1. The van der Waals surface area contributed by atoms with Gasteiger partial charge in [-0.1, -0.05) is 42.5 Å². The van der Waals surface area contributed by atoms with Gasteiger partial charge in [0.2, 0.25) is 11.8 Å². The van der Waals surface area contributed by atoms with E-state index in [1.165, 1.54) is 11.3 Å². The van der Waals surface area contributed by atoms with Crippen LogP contribution in [-0.2, 0) is 16.0 Å². The molecule has 0 fully saturated rings. The number of fused-ring (bicyclic) bond motifs is 1. The van der Waals surface area contributed by atoms with Crippen LogP contribution in [0.1, 0.15) is 11.3 Å². The Morgan fingerprint density at radius 1 is 1.08 bits per heavy atom. The number of nitrogens with zero attached hydrogens (tertiary/aromatic N) is 1. The molecule has 0 aliphatic carbocycles. The lowest BCUT2D eigenvalue weighted by molar-refractivity contribution is -0.123. The fourth-order valence-electron chi connectivity index (χ4n) is 2.44. The van der Waals surface area contributed by atoms with Gasteiger partial charge in [-0.3, -0.25) is 9.59 Å². The lowest BCUT2D eigenvalue weighted by atomic mass is 10.0. The first-order chi connectivity index (χ1) is 11.6. The number of nitrogens with one attached hydrogen (secondary N) is 2. The van der Waals surface area contributed by atoms with Crippen molar-refractivity contribution in [3.05, 3.63) is 59.1 Å². The van der Waals surface area contributed by atoms with Gasteiger partial charge in [-0.2, -0.15) is 0 Å². The second kappa shape index (κ2) is 7.23. The van der Waals surface area contributed by atoms with Crippen LogP contribution in [0.15, 0.2) is 47.8 Å². The first-order valence-corrected chi connectivity index (χ1v) is 8.45. The van der Waals surface area contributed by atoms with E-state index in [1.54, 1.807) is 0 Å². The minimum atomic E-state index is -0.282. The molecular formula is C18H17N3O2S. The van der Waals surface area contributed by atoms with Crippen LogP contribution < -0.4 is 10.6 Å². The number of thiazole rings is 1. The Morgan fingerprint density at radius 3 is 2.67 bits per heavy atom. The van der Waals surface area contributed by atoms with Crippen molar-refractivity contribution < 1.29 is 9.59 Å². The van der Waals surface area contributed by atoms with E-state index in [2.05, 4.69) is 15.6 Å². The first kappa shape index (κ1) is 16.1. The molecule has 1 aromatic heterocycles. The molecule has 2 N–H and O–H groups in total. The Morgan fingerprint density at radius 2 is 1.88 bits per heavy atom. The van der Waals surface area contributed by atoms with Crippen LogP contribution in [0.3, 0.4) is 0 Å². The Kier molecular flexibility index (Phi) is 4.86. The highest BCUT2D eigenvalue weighted by molar-refractivity contribution is 7.13. The number of carbonyl (C=O) groups excluding carboxylic acids is 2. The predicted octanol–water partition coefficient (Wildman–Crippen LogP) is 2.90. The average Bonchev–Trinajstić information content (AvgIpc) is 2.98. The quantitative estimate of drug-likeness (QED) is 0.751. The summed E-state index contributed by atoms with van der Waals surface area (Å²) >= 11 is 1.36. The topological polar surface area (TPSA) is 71.1 Å². The van der Waals surface area contributed by atoms with Gasteiger partial charge in [-0.15, -0.1) is 11.3 Å². The van der Waals surface area contributed by atoms with Crippen molar-refractivity contribution in [2.24, 2.45) is 0 Å². The van der Waals surface area contributed by atoms with Gasteiger partial charge in [-0.25, -0.2) is 4.98 Å². The maximum absolute atomic E-state index is 12.1. The lowest BCUT2D eigenvalue weighted by Crippen LogP contribution is -2.33.